The van der Waals surface area contributed by atoms with E-state index in [2.05, 4.69) is 58.6 Å². The molecular formula is C15H22N4S2. The van der Waals surface area contributed by atoms with Crippen molar-refractivity contribution in [3.8, 4) is 0 Å². The van der Waals surface area contributed by atoms with Gasteiger partial charge in [-0.1, -0.05) is 6.07 Å². The third kappa shape index (κ3) is 4.54. The smallest absolute Gasteiger partial charge is 0.193 e. The van der Waals surface area contributed by atoms with Gasteiger partial charge in [0.1, 0.15) is 5.01 Å². The third-order valence-electron chi connectivity index (χ3n) is 3.32. The molecule has 0 saturated carbocycles. The first-order valence-corrected chi connectivity index (χ1v) is 8.67. The highest BCUT2D eigenvalue weighted by atomic mass is 32.1. The van der Waals surface area contributed by atoms with Gasteiger partial charge in [0.25, 0.3) is 0 Å². The van der Waals surface area contributed by atoms with Crippen LogP contribution >= 0.6 is 22.7 Å². The number of nitrogens with zero attached hydrogens (tertiary/aromatic N) is 3. The maximum Gasteiger partial charge on any atom is 0.193 e. The summed E-state index contributed by atoms with van der Waals surface area (Å²) in [6, 6.07) is 4.27. The molecule has 0 unspecified atom stereocenters. The van der Waals surface area contributed by atoms with Crippen molar-refractivity contribution in [3.05, 3.63) is 38.0 Å². The van der Waals surface area contributed by atoms with Crippen molar-refractivity contribution in [2.24, 2.45) is 4.99 Å². The van der Waals surface area contributed by atoms with Gasteiger partial charge in [0.15, 0.2) is 5.96 Å². The molecule has 2 heterocycles. The normalized spacial score (nSPS) is 11.7. The fraction of sp³-hybridized carbons (Fsp3) is 0.467. The van der Waals surface area contributed by atoms with Gasteiger partial charge >= 0.3 is 0 Å². The molecule has 0 spiro atoms. The summed E-state index contributed by atoms with van der Waals surface area (Å²) in [5.74, 6) is 0.914. The van der Waals surface area contributed by atoms with Crippen molar-refractivity contribution in [2.45, 2.75) is 26.8 Å². The van der Waals surface area contributed by atoms with Crippen molar-refractivity contribution in [3.63, 3.8) is 0 Å². The van der Waals surface area contributed by atoms with Crippen LogP contribution in [0.25, 0.3) is 0 Å². The standard InChI is InChI=1S/C15H22N4S2/c1-11-12(2)21-14(18-11)10-17-15(16-3)19(4)8-7-13-6-5-9-20-13/h5-6,9H,7-8,10H2,1-4H3,(H,16,17). The lowest BCUT2D eigenvalue weighted by molar-refractivity contribution is 0.486. The number of thiophene rings is 1. The molecule has 21 heavy (non-hydrogen) atoms. The van der Waals surface area contributed by atoms with E-state index < -0.39 is 0 Å². The Kier molecular flexibility index (Phi) is 5.76. The lowest BCUT2D eigenvalue weighted by Gasteiger charge is -2.21. The van der Waals surface area contributed by atoms with Crippen molar-refractivity contribution in [1.29, 1.82) is 0 Å². The highest BCUT2D eigenvalue weighted by Crippen LogP contribution is 2.16. The van der Waals surface area contributed by atoms with Crippen molar-refractivity contribution < 1.29 is 0 Å². The average molecular weight is 323 g/mol. The number of nitrogens with one attached hydrogen (secondary N) is 1. The van der Waals surface area contributed by atoms with E-state index in [1.165, 1.54) is 9.75 Å². The highest BCUT2D eigenvalue weighted by Gasteiger charge is 2.08. The quantitative estimate of drug-likeness (QED) is 0.679. The molecule has 0 aliphatic rings. The monoisotopic (exact) mass is 322 g/mol. The molecule has 6 heteroatoms. The SMILES string of the molecule is CN=C(NCc1nc(C)c(C)s1)N(C)CCc1cccs1. The Bertz CT molecular complexity index is 567. The van der Waals surface area contributed by atoms with E-state index in [-0.39, 0.29) is 0 Å². The second kappa shape index (κ2) is 7.56. The van der Waals surface area contributed by atoms with Gasteiger partial charge < -0.3 is 10.2 Å². The van der Waals surface area contributed by atoms with Gasteiger partial charge in [-0.2, -0.15) is 0 Å². The number of hydrogen-bond donors (Lipinski definition) is 1. The molecule has 1 N–H and O–H groups in total. The predicted octanol–water partition coefficient (Wildman–Crippen LogP) is 3.07. The summed E-state index contributed by atoms with van der Waals surface area (Å²) in [4.78, 5) is 13.7. The van der Waals surface area contributed by atoms with Crippen molar-refractivity contribution >= 4 is 28.6 Å². The number of aliphatic imine (C=N–C) groups is 1. The molecule has 0 fully saturated rings. The second-order valence-electron chi connectivity index (χ2n) is 4.90. The lowest BCUT2D eigenvalue weighted by atomic mass is 10.3. The first kappa shape index (κ1) is 16.0. The minimum Gasteiger partial charge on any atom is -0.350 e. The van der Waals surface area contributed by atoms with Crippen LogP contribution in [-0.4, -0.2) is 36.5 Å². The first-order chi connectivity index (χ1) is 10.1. The summed E-state index contributed by atoms with van der Waals surface area (Å²) in [5.41, 5.74) is 1.12. The van der Waals surface area contributed by atoms with E-state index in [0.717, 1.165) is 36.2 Å². The molecule has 2 rings (SSSR count). The van der Waals surface area contributed by atoms with Crippen LogP contribution in [0.5, 0.6) is 0 Å². The van der Waals surface area contributed by atoms with Crippen LogP contribution in [0.4, 0.5) is 0 Å². The topological polar surface area (TPSA) is 40.5 Å². The Morgan fingerprint density at radius 3 is 2.81 bits per heavy atom. The number of aromatic nitrogens is 1. The average Bonchev–Trinajstić information content (AvgIpc) is 3.08. The minimum absolute atomic E-state index is 0.732. The molecular weight excluding hydrogens is 300 g/mol. The van der Waals surface area contributed by atoms with Crippen LogP contribution in [0.15, 0.2) is 22.5 Å². The van der Waals surface area contributed by atoms with Gasteiger partial charge in [0.05, 0.1) is 12.2 Å². The van der Waals surface area contributed by atoms with Gasteiger partial charge in [-0.15, -0.1) is 22.7 Å². The molecule has 114 valence electrons. The fourth-order valence-electron chi connectivity index (χ4n) is 1.99. The Labute approximate surface area is 134 Å². The number of thiazole rings is 1. The summed E-state index contributed by atoms with van der Waals surface area (Å²) in [6.07, 6.45) is 1.05. The van der Waals surface area contributed by atoms with Crippen LogP contribution in [-0.2, 0) is 13.0 Å². The lowest BCUT2D eigenvalue weighted by Crippen LogP contribution is -2.39. The van der Waals surface area contributed by atoms with Gasteiger partial charge in [-0.3, -0.25) is 4.99 Å². The van der Waals surface area contributed by atoms with E-state index in [4.69, 9.17) is 0 Å². The zero-order valence-electron chi connectivity index (χ0n) is 13.0. The van der Waals surface area contributed by atoms with E-state index >= 15 is 0 Å². The van der Waals surface area contributed by atoms with Crippen molar-refractivity contribution in [1.82, 2.24) is 15.2 Å². The van der Waals surface area contributed by atoms with Gasteiger partial charge in [0, 0.05) is 30.4 Å². The molecule has 0 atom stereocenters. The molecule has 0 aromatic carbocycles. The molecule has 0 aliphatic heterocycles. The summed E-state index contributed by atoms with van der Waals surface area (Å²) in [7, 11) is 3.89. The van der Waals surface area contributed by atoms with E-state index in [1.807, 2.05) is 7.05 Å². The van der Waals surface area contributed by atoms with E-state index in [1.54, 1.807) is 22.7 Å². The highest BCUT2D eigenvalue weighted by molar-refractivity contribution is 7.11. The number of guanidine groups is 1. The van der Waals surface area contributed by atoms with Crippen LogP contribution in [0.3, 0.4) is 0 Å². The Balaban J connectivity index is 1.84. The molecule has 2 aromatic rings. The molecule has 0 saturated heterocycles. The molecule has 0 radical (unpaired) electrons. The Hall–Kier alpha value is -1.40. The molecule has 0 bridgehead atoms. The molecule has 4 nitrogen and oxygen atoms in total. The third-order valence-corrected chi connectivity index (χ3v) is 5.33. The molecule has 2 aromatic heterocycles. The number of likely N-dealkylation sites (N-methyl/N-ethyl adjacent to an activating group) is 1. The number of aryl methyl sites for hydroxylation is 2. The first-order valence-electron chi connectivity index (χ1n) is 6.97. The Morgan fingerprint density at radius 1 is 1.43 bits per heavy atom. The molecule has 0 aliphatic carbocycles. The van der Waals surface area contributed by atoms with Gasteiger partial charge in [-0.25, -0.2) is 4.98 Å². The minimum atomic E-state index is 0.732. The maximum absolute atomic E-state index is 4.55. The maximum atomic E-state index is 4.55. The van der Waals surface area contributed by atoms with Crippen LogP contribution in [0.1, 0.15) is 20.5 Å². The van der Waals surface area contributed by atoms with E-state index in [0.29, 0.717) is 0 Å². The summed E-state index contributed by atoms with van der Waals surface area (Å²) in [5, 5.41) is 6.61. The zero-order valence-corrected chi connectivity index (χ0v) is 14.6. The van der Waals surface area contributed by atoms with Gasteiger partial charge in [0.2, 0.25) is 0 Å². The van der Waals surface area contributed by atoms with Gasteiger partial charge in [-0.05, 0) is 31.7 Å². The van der Waals surface area contributed by atoms with Crippen LogP contribution in [0, 0.1) is 13.8 Å². The van der Waals surface area contributed by atoms with Crippen LogP contribution in [0.2, 0.25) is 0 Å². The molecule has 0 amide bonds. The number of rotatable bonds is 5. The van der Waals surface area contributed by atoms with E-state index in [9.17, 15) is 0 Å². The number of hydrogen-bond acceptors (Lipinski definition) is 4. The summed E-state index contributed by atoms with van der Waals surface area (Å²) >= 11 is 3.55. The van der Waals surface area contributed by atoms with Crippen molar-refractivity contribution in [2.75, 3.05) is 20.6 Å². The van der Waals surface area contributed by atoms with Crippen LogP contribution < -0.4 is 5.32 Å². The second-order valence-corrected chi connectivity index (χ2v) is 7.22. The fourth-order valence-corrected chi connectivity index (χ4v) is 3.56. The Morgan fingerprint density at radius 2 is 2.24 bits per heavy atom. The zero-order chi connectivity index (χ0) is 15.2. The summed E-state index contributed by atoms with van der Waals surface area (Å²) in [6.45, 7) is 5.85. The largest absolute Gasteiger partial charge is 0.350 e. The predicted molar refractivity (Wildman–Crippen MR) is 92.4 cm³/mol. The summed E-state index contributed by atoms with van der Waals surface area (Å²) < 4.78 is 0.